The zero-order chi connectivity index (χ0) is 15.5. The van der Waals surface area contributed by atoms with Crippen molar-refractivity contribution in [2.75, 3.05) is 5.32 Å². The van der Waals surface area contributed by atoms with Gasteiger partial charge in [-0.2, -0.15) is 0 Å². The molecule has 22 heavy (non-hydrogen) atoms. The number of hydrogen-bond donors (Lipinski definition) is 1. The monoisotopic (exact) mass is 317 g/mol. The molecule has 2 aromatic rings. The van der Waals surface area contributed by atoms with Gasteiger partial charge in [-0.15, -0.1) is 10.2 Å². The topological polar surface area (TPSA) is 81.2 Å². The molecular weight excluding hydrogens is 302 g/mol. The highest BCUT2D eigenvalue weighted by Gasteiger charge is 2.31. The number of nitrogens with zero attached hydrogens (tertiary/aromatic N) is 2. The van der Waals surface area contributed by atoms with Crippen molar-refractivity contribution in [3.8, 4) is 0 Å². The lowest BCUT2D eigenvalue weighted by Crippen LogP contribution is -2.37. The van der Waals surface area contributed by atoms with Gasteiger partial charge in [-0.05, 0) is 18.1 Å². The van der Waals surface area contributed by atoms with Crippen LogP contribution in [-0.4, -0.2) is 28.2 Å². The SMILES string of the molecule is CCCc1nnc(NC(=O)[C@@H]2Cc3ccccc3C(=O)O2)s1. The summed E-state index contributed by atoms with van der Waals surface area (Å²) in [5.74, 6) is -0.840. The number of ether oxygens (including phenoxy) is 1. The van der Waals surface area contributed by atoms with Crippen LogP contribution in [0.4, 0.5) is 5.13 Å². The summed E-state index contributed by atoms with van der Waals surface area (Å²) in [5.41, 5.74) is 1.34. The standard InChI is InChI=1S/C15H15N3O3S/c1-2-5-12-17-18-15(22-12)16-13(19)11-8-9-6-3-4-7-10(9)14(20)21-11/h3-4,6-7,11H,2,5,8H2,1H3,(H,16,18,19)/t11-/m0/s1. The first-order valence-electron chi connectivity index (χ1n) is 7.09. The summed E-state index contributed by atoms with van der Waals surface area (Å²) in [6, 6.07) is 7.15. The Bertz CT molecular complexity index is 714. The number of carbonyl (C=O) groups is 2. The Balaban J connectivity index is 1.69. The Hall–Kier alpha value is -2.28. The number of carbonyl (C=O) groups excluding carboxylic acids is 2. The van der Waals surface area contributed by atoms with Crippen molar-refractivity contribution in [3.05, 3.63) is 40.4 Å². The van der Waals surface area contributed by atoms with Gasteiger partial charge < -0.3 is 4.74 Å². The fourth-order valence-corrected chi connectivity index (χ4v) is 3.13. The van der Waals surface area contributed by atoms with E-state index in [1.807, 2.05) is 12.1 Å². The molecule has 1 N–H and O–H groups in total. The number of fused-ring (bicyclic) bond motifs is 1. The Kier molecular flexibility index (Phi) is 4.15. The molecule has 7 heteroatoms. The van der Waals surface area contributed by atoms with Gasteiger partial charge in [-0.1, -0.05) is 36.5 Å². The summed E-state index contributed by atoms with van der Waals surface area (Å²) in [6.45, 7) is 2.05. The molecule has 1 aromatic heterocycles. The Morgan fingerprint density at radius 2 is 2.23 bits per heavy atom. The molecule has 3 rings (SSSR count). The van der Waals surface area contributed by atoms with Crippen LogP contribution in [0.15, 0.2) is 24.3 Å². The van der Waals surface area contributed by atoms with Gasteiger partial charge in [0.25, 0.3) is 5.91 Å². The van der Waals surface area contributed by atoms with E-state index in [0.717, 1.165) is 23.4 Å². The van der Waals surface area contributed by atoms with Crippen molar-refractivity contribution in [3.63, 3.8) is 0 Å². The third-order valence-corrected chi connectivity index (χ3v) is 4.24. The number of benzene rings is 1. The largest absolute Gasteiger partial charge is 0.448 e. The average Bonchev–Trinajstić information content (AvgIpc) is 2.95. The molecule has 0 unspecified atom stereocenters. The number of anilines is 1. The summed E-state index contributed by atoms with van der Waals surface area (Å²) in [7, 11) is 0. The quantitative estimate of drug-likeness (QED) is 0.874. The number of esters is 1. The second kappa shape index (κ2) is 6.23. The summed E-state index contributed by atoms with van der Waals surface area (Å²) >= 11 is 1.34. The number of hydrogen-bond acceptors (Lipinski definition) is 6. The van der Waals surface area contributed by atoms with Crippen molar-refractivity contribution in [1.29, 1.82) is 0 Å². The van der Waals surface area contributed by atoms with E-state index in [1.165, 1.54) is 11.3 Å². The van der Waals surface area contributed by atoms with Crippen molar-refractivity contribution in [2.24, 2.45) is 0 Å². The predicted octanol–water partition coefficient (Wildman–Crippen LogP) is 2.21. The maximum absolute atomic E-state index is 12.2. The molecule has 0 radical (unpaired) electrons. The first kappa shape index (κ1) is 14.6. The summed E-state index contributed by atoms with van der Waals surface area (Å²) in [5, 5.41) is 11.9. The normalized spacial score (nSPS) is 16.8. The third kappa shape index (κ3) is 2.99. The molecule has 1 aliphatic heterocycles. The molecule has 1 aliphatic rings. The van der Waals surface area contributed by atoms with E-state index < -0.39 is 12.1 Å². The van der Waals surface area contributed by atoms with Crippen LogP contribution in [0.5, 0.6) is 0 Å². The average molecular weight is 317 g/mol. The highest BCUT2D eigenvalue weighted by Crippen LogP contribution is 2.22. The van der Waals surface area contributed by atoms with Crippen LogP contribution in [0.1, 0.15) is 34.3 Å². The van der Waals surface area contributed by atoms with Gasteiger partial charge in [0.2, 0.25) is 5.13 Å². The first-order valence-corrected chi connectivity index (χ1v) is 7.91. The van der Waals surface area contributed by atoms with E-state index in [2.05, 4.69) is 22.4 Å². The minimum Gasteiger partial charge on any atom is -0.448 e. The molecule has 2 heterocycles. The molecular formula is C15H15N3O3S. The number of nitrogens with one attached hydrogen (secondary N) is 1. The fourth-order valence-electron chi connectivity index (χ4n) is 2.28. The Morgan fingerprint density at radius 3 is 3.05 bits per heavy atom. The van der Waals surface area contributed by atoms with Crippen LogP contribution in [0, 0.1) is 0 Å². The van der Waals surface area contributed by atoms with Crippen molar-refractivity contribution in [1.82, 2.24) is 10.2 Å². The molecule has 1 amide bonds. The second-order valence-electron chi connectivity index (χ2n) is 5.00. The van der Waals surface area contributed by atoms with Gasteiger partial charge in [0.1, 0.15) is 5.01 Å². The van der Waals surface area contributed by atoms with Crippen LogP contribution >= 0.6 is 11.3 Å². The maximum atomic E-state index is 12.2. The van der Waals surface area contributed by atoms with E-state index in [4.69, 9.17) is 4.74 Å². The summed E-state index contributed by atoms with van der Waals surface area (Å²) in [4.78, 5) is 24.2. The lowest BCUT2D eigenvalue weighted by Gasteiger charge is -2.23. The second-order valence-corrected chi connectivity index (χ2v) is 6.06. The molecule has 0 saturated carbocycles. The molecule has 0 saturated heterocycles. The molecule has 0 fully saturated rings. The van der Waals surface area contributed by atoms with Gasteiger partial charge in [0.05, 0.1) is 5.56 Å². The van der Waals surface area contributed by atoms with Crippen molar-refractivity contribution < 1.29 is 14.3 Å². The van der Waals surface area contributed by atoms with Crippen LogP contribution in [0.2, 0.25) is 0 Å². The number of cyclic esters (lactones) is 1. The van der Waals surface area contributed by atoms with E-state index in [-0.39, 0.29) is 5.91 Å². The van der Waals surface area contributed by atoms with Gasteiger partial charge in [0.15, 0.2) is 6.10 Å². The summed E-state index contributed by atoms with van der Waals surface area (Å²) < 4.78 is 5.21. The number of aromatic nitrogens is 2. The Morgan fingerprint density at radius 1 is 1.41 bits per heavy atom. The van der Waals surface area contributed by atoms with Crippen LogP contribution in [0.3, 0.4) is 0 Å². The number of aryl methyl sites for hydroxylation is 1. The van der Waals surface area contributed by atoms with Crippen LogP contribution in [0.25, 0.3) is 0 Å². The fraction of sp³-hybridized carbons (Fsp3) is 0.333. The molecule has 6 nitrogen and oxygen atoms in total. The van der Waals surface area contributed by atoms with Crippen LogP contribution in [-0.2, 0) is 22.4 Å². The predicted molar refractivity (Wildman–Crippen MR) is 81.9 cm³/mol. The van der Waals surface area contributed by atoms with Gasteiger partial charge in [0, 0.05) is 12.8 Å². The molecule has 0 bridgehead atoms. The molecule has 114 valence electrons. The van der Waals surface area contributed by atoms with Gasteiger partial charge in [-0.25, -0.2) is 4.79 Å². The molecule has 0 aliphatic carbocycles. The van der Waals surface area contributed by atoms with E-state index in [9.17, 15) is 9.59 Å². The Labute approximate surface area is 131 Å². The minimum atomic E-state index is -0.832. The zero-order valence-electron chi connectivity index (χ0n) is 12.0. The van der Waals surface area contributed by atoms with Crippen molar-refractivity contribution >= 4 is 28.3 Å². The summed E-state index contributed by atoms with van der Waals surface area (Å²) in [6.07, 6.45) is 1.34. The number of rotatable bonds is 4. The lowest BCUT2D eigenvalue weighted by molar-refractivity contribution is -0.125. The van der Waals surface area contributed by atoms with Crippen molar-refractivity contribution in [2.45, 2.75) is 32.3 Å². The molecule has 1 atom stereocenters. The highest BCUT2D eigenvalue weighted by atomic mass is 32.1. The molecule has 0 spiro atoms. The smallest absolute Gasteiger partial charge is 0.339 e. The molecule has 1 aromatic carbocycles. The maximum Gasteiger partial charge on any atom is 0.339 e. The highest BCUT2D eigenvalue weighted by molar-refractivity contribution is 7.15. The van der Waals surface area contributed by atoms with Gasteiger partial charge in [-0.3, -0.25) is 10.1 Å². The van der Waals surface area contributed by atoms with E-state index in [1.54, 1.807) is 12.1 Å². The first-order chi connectivity index (χ1) is 10.7. The van der Waals surface area contributed by atoms with E-state index >= 15 is 0 Å². The third-order valence-electron chi connectivity index (χ3n) is 3.35. The lowest BCUT2D eigenvalue weighted by atomic mass is 9.98. The van der Waals surface area contributed by atoms with Gasteiger partial charge >= 0.3 is 5.97 Å². The minimum absolute atomic E-state index is 0.369. The van der Waals surface area contributed by atoms with E-state index in [0.29, 0.717) is 17.1 Å². The zero-order valence-corrected chi connectivity index (χ0v) is 12.9. The van der Waals surface area contributed by atoms with Crippen LogP contribution < -0.4 is 5.32 Å². The number of amides is 1.